The molecule has 0 fully saturated rings. The van der Waals surface area contributed by atoms with Crippen LogP contribution in [0.1, 0.15) is 17.4 Å². The molecule has 0 radical (unpaired) electrons. The third kappa shape index (κ3) is 4.43. The first-order chi connectivity index (χ1) is 11.5. The number of thiol groups is 1. The average molecular weight is 388 g/mol. The van der Waals surface area contributed by atoms with E-state index in [4.69, 9.17) is 27.9 Å². The van der Waals surface area contributed by atoms with Gasteiger partial charge in [-0.05, 0) is 25.1 Å². The summed E-state index contributed by atoms with van der Waals surface area (Å²) in [4.78, 5) is 23.9. The van der Waals surface area contributed by atoms with Crippen LogP contribution in [0.15, 0.2) is 24.3 Å². The van der Waals surface area contributed by atoms with Crippen LogP contribution in [0, 0.1) is 0 Å². The summed E-state index contributed by atoms with van der Waals surface area (Å²) in [5.74, 6) is -0.899. The molecule has 128 valence electrons. The fourth-order valence-electron chi connectivity index (χ4n) is 1.90. The van der Waals surface area contributed by atoms with E-state index in [9.17, 15) is 9.59 Å². The van der Waals surface area contributed by atoms with Gasteiger partial charge in [0.2, 0.25) is 0 Å². The summed E-state index contributed by atoms with van der Waals surface area (Å²) in [5, 5.41) is 10.1. The number of H-pyrrole nitrogens is 1. The number of halogens is 2. The monoisotopic (exact) mass is 387 g/mol. The molecule has 0 aliphatic rings. The Hall–Kier alpha value is -1.70. The molecule has 6 nitrogen and oxygen atoms in total. The summed E-state index contributed by atoms with van der Waals surface area (Å²) in [6.45, 7) is 1.91. The second-order valence-corrected chi connectivity index (χ2v) is 5.94. The van der Waals surface area contributed by atoms with Crippen LogP contribution in [0.3, 0.4) is 0 Å². The molecule has 0 saturated carbocycles. The molecule has 0 saturated heterocycles. The Morgan fingerprint density at radius 1 is 1.33 bits per heavy atom. The molecular formula is C15H15Cl2N3O3S. The van der Waals surface area contributed by atoms with E-state index in [0.29, 0.717) is 21.3 Å². The van der Waals surface area contributed by atoms with Crippen molar-refractivity contribution < 1.29 is 14.3 Å². The minimum absolute atomic E-state index is 0.123. The highest BCUT2D eigenvalue weighted by Crippen LogP contribution is 2.27. The van der Waals surface area contributed by atoms with Crippen molar-refractivity contribution in [1.29, 1.82) is 0 Å². The molecule has 0 unspecified atom stereocenters. The van der Waals surface area contributed by atoms with Crippen LogP contribution in [-0.2, 0) is 9.53 Å². The number of amides is 1. The second-order valence-electron chi connectivity index (χ2n) is 4.76. The van der Waals surface area contributed by atoms with Gasteiger partial charge in [0.05, 0.1) is 22.3 Å². The molecule has 0 aliphatic heterocycles. The Kier molecular flexibility index (Phi) is 6.53. The molecule has 2 N–H and O–H groups in total. The van der Waals surface area contributed by atoms with E-state index in [1.54, 1.807) is 31.2 Å². The molecule has 1 aromatic heterocycles. The Balaban J connectivity index is 2.13. The van der Waals surface area contributed by atoms with E-state index in [2.05, 4.69) is 28.1 Å². The van der Waals surface area contributed by atoms with Gasteiger partial charge in [-0.25, -0.2) is 4.79 Å². The smallest absolute Gasteiger partial charge is 0.329 e. The van der Waals surface area contributed by atoms with Gasteiger partial charge in [0.25, 0.3) is 5.91 Å². The van der Waals surface area contributed by atoms with Gasteiger partial charge in [0.1, 0.15) is 11.7 Å². The third-order valence-electron chi connectivity index (χ3n) is 3.10. The Labute approximate surface area is 154 Å². The summed E-state index contributed by atoms with van der Waals surface area (Å²) < 4.78 is 4.88. The van der Waals surface area contributed by atoms with Crippen molar-refractivity contribution in [2.24, 2.45) is 0 Å². The quantitative estimate of drug-likeness (QED) is 0.525. The van der Waals surface area contributed by atoms with E-state index >= 15 is 0 Å². The predicted molar refractivity (Wildman–Crippen MR) is 95.8 cm³/mol. The van der Waals surface area contributed by atoms with Crippen molar-refractivity contribution in [3.05, 3.63) is 40.0 Å². The Morgan fingerprint density at radius 3 is 2.71 bits per heavy atom. The van der Waals surface area contributed by atoms with Gasteiger partial charge in [-0.1, -0.05) is 29.3 Å². The number of hydrogen-bond donors (Lipinski definition) is 3. The molecule has 1 amide bonds. The normalized spacial score (nSPS) is 11.8. The van der Waals surface area contributed by atoms with Crippen molar-refractivity contribution in [2.45, 2.75) is 13.0 Å². The largest absolute Gasteiger partial charge is 0.464 e. The highest BCUT2D eigenvalue weighted by Gasteiger charge is 2.22. The SMILES string of the molecule is CCOC(=O)[C@H](CS)NC(=O)c1cc(-c2ccc(Cl)c(Cl)c2)n[nH]1. The molecule has 0 bridgehead atoms. The molecule has 9 heteroatoms. The number of nitrogens with zero attached hydrogens (tertiary/aromatic N) is 1. The first kappa shape index (κ1) is 18.6. The minimum Gasteiger partial charge on any atom is -0.464 e. The van der Waals surface area contributed by atoms with Crippen LogP contribution in [-0.4, -0.2) is 40.5 Å². The second kappa shape index (κ2) is 8.41. The van der Waals surface area contributed by atoms with E-state index in [-0.39, 0.29) is 18.1 Å². The number of ether oxygens (including phenoxy) is 1. The maximum atomic E-state index is 12.2. The minimum atomic E-state index is -0.836. The topological polar surface area (TPSA) is 84.1 Å². The number of hydrogen-bond acceptors (Lipinski definition) is 5. The fraction of sp³-hybridized carbons (Fsp3) is 0.267. The van der Waals surface area contributed by atoms with Crippen LogP contribution < -0.4 is 5.32 Å². The molecule has 0 spiro atoms. The Bertz CT molecular complexity index is 751. The van der Waals surface area contributed by atoms with Crippen LogP contribution in [0.2, 0.25) is 10.0 Å². The summed E-state index contributed by atoms with van der Waals surface area (Å²) in [7, 11) is 0. The van der Waals surface area contributed by atoms with Gasteiger partial charge in [0, 0.05) is 11.3 Å². The first-order valence-electron chi connectivity index (χ1n) is 7.05. The molecular weight excluding hydrogens is 373 g/mol. The summed E-state index contributed by atoms with van der Waals surface area (Å²) >= 11 is 15.9. The third-order valence-corrected chi connectivity index (χ3v) is 4.20. The summed E-state index contributed by atoms with van der Waals surface area (Å²) in [6.07, 6.45) is 0. The lowest BCUT2D eigenvalue weighted by Crippen LogP contribution is -2.43. The number of benzene rings is 1. The van der Waals surface area contributed by atoms with Crippen molar-refractivity contribution in [1.82, 2.24) is 15.5 Å². The Morgan fingerprint density at radius 2 is 2.08 bits per heavy atom. The molecule has 1 atom stereocenters. The number of aromatic amines is 1. The van der Waals surface area contributed by atoms with Gasteiger partial charge in [-0.3, -0.25) is 9.89 Å². The summed E-state index contributed by atoms with van der Waals surface area (Å²) in [5.41, 5.74) is 1.43. The molecule has 1 aromatic carbocycles. The van der Waals surface area contributed by atoms with Gasteiger partial charge in [0.15, 0.2) is 0 Å². The number of nitrogens with one attached hydrogen (secondary N) is 2. The van der Waals surface area contributed by atoms with Crippen LogP contribution in [0.25, 0.3) is 11.3 Å². The summed E-state index contributed by atoms with van der Waals surface area (Å²) in [6, 6.07) is 5.75. The zero-order valence-corrected chi connectivity index (χ0v) is 15.1. The molecule has 2 aromatic rings. The molecule has 1 heterocycles. The maximum absolute atomic E-state index is 12.2. The van der Waals surface area contributed by atoms with Gasteiger partial charge in [-0.2, -0.15) is 17.7 Å². The van der Waals surface area contributed by atoms with Gasteiger partial charge >= 0.3 is 5.97 Å². The number of rotatable bonds is 6. The fourth-order valence-corrected chi connectivity index (χ4v) is 2.44. The van der Waals surface area contributed by atoms with E-state index in [1.807, 2.05) is 0 Å². The predicted octanol–water partition coefficient (Wildman–Crippen LogP) is 2.97. The highest BCUT2D eigenvalue weighted by molar-refractivity contribution is 7.80. The van der Waals surface area contributed by atoms with Crippen LogP contribution >= 0.6 is 35.8 Å². The standard InChI is InChI=1S/C15H15Cl2N3O3S/c1-2-23-15(22)13(7-24)18-14(21)12-6-11(19-20-12)8-3-4-9(16)10(17)5-8/h3-6,13,24H,2,7H2,1H3,(H,18,21)(H,19,20)/t13-/m0/s1. The first-order valence-corrected chi connectivity index (χ1v) is 8.44. The van der Waals surface area contributed by atoms with E-state index < -0.39 is 17.9 Å². The number of carbonyl (C=O) groups excluding carboxylic acids is 2. The lowest BCUT2D eigenvalue weighted by atomic mass is 10.1. The maximum Gasteiger partial charge on any atom is 0.329 e. The number of carbonyl (C=O) groups is 2. The zero-order chi connectivity index (χ0) is 17.7. The molecule has 2 rings (SSSR count). The molecule has 24 heavy (non-hydrogen) atoms. The van der Waals surface area contributed by atoms with Crippen molar-refractivity contribution in [3.8, 4) is 11.3 Å². The van der Waals surface area contributed by atoms with Crippen molar-refractivity contribution in [2.75, 3.05) is 12.4 Å². The lowest BCUT2D eigenvalue weighted by molar-refractivity contribution is -0.144. The van der Waals surface area contributed by atoms with Crippen LogP contribution in [0.5, 0.6) is 0 Å². The zero-order valence-electron chi connectivity index (χ0n) is 12.7. The molecule has 0 aliphatic carbocycles. The van der Waals surface area contributed by atoms with Crippen molar-refractivity contribution in [3.63, 3.8) is 0 Å². The number of esters is 1. The van der Waals surface area contributed by atoms with Gasteiger partial charge in [-0.15, -0.1) is 0 Å². The van der Waals surface area contributed by atoms with Crippen LogP contribution in [0.4, 0.5) is 0 Å². The highest BCUT2D eigenvalue weighted by atomic mass is 35.5. The lowest BCUT2D eigenvalue weighted by Gasteiger charge is -2.14. The van der Waals surface area contributed by atoms with Crippen molar-refractivity contribution >= 4 is 47.7 Å². The number of aromatic nitrogens is 2. The van der Waals surface area contributed by atoms with E-state index in [0.717, 1.165) is 0 Å². The average Bonchev–Trinajstić information content (AvgIpc) is 3.05. The van der Waals surface area contributed by atoms with Gasteiger partial charge < -0.3 is 10.1 Å². The van der Waals surface area contributed by atoms with E-state index in [1.165, 1.54) is 0 Å².